The molecule has 3 aromatic rings. The lowest BCUT2D eigenvalue weighted by Crippen LogP contribution is -2.34. The van der Waals surface area contributed by atoms with Crippen molar-refractivity contribution in [3.8, 4) is 0 Å². The van der Waals surface area contributed by atoms with Gasteiger partial charge in [-0.2, -0.15) is 0 Å². The maximum atomic E-state index is 13.3. The fourth-order valence-electron chi connectivity index (χ4n) is 5.07. The molecule has 13 nitrogen and oxygen atoms in total. The SMILES string of the molecule is CCOC(=O)c1cn([C@H]2C[C@H](OC(=O)c3ccc(C)cc3)[C@@H](COC(=O)c3ccc(C)cc3)O2)cc1C(=O)NCCCNC(=O)OC(C)(C)C. The average molecular weight is 692 g/mol. The summed E-state index contributed by atoms with van der Waals surface area (Å²) in [6, 6.07) is 13.8. The van der Waals surface area contributed by atoms with Crippen molar-refractivity contribution in [1.29, 1.82) is 0 Å². The van der Waals surface area contributed by atoms with Crippen LogP contribution in [0.25, 0.3) is 0 Å². The number of aryl methyl sites for hydroxylation is 2. The van der Waals surface area contributed by atoms with E-state index in [1.807, 2.05) is 13.8 Å². The first-order chi connectivity index (χ1) is 23.7. The van der Waals surface area contributed by atoms with E-state index < -0.39 is 53.9 Å². The van der Waals surface area contributed by atoms with Crippen molar-refractivity contribution in [2.24, 2.45) is 0 Å². The number of ether oxygens (including phenoxy) is 5. The van der Waals surface area contributed by atoms with Gasteiger partial charge in [-0.15, -0.1) is 0 Å². The summed E-state index contributed by atoms with van der Waals surface area (Å²) in [5.74, 6) is -2.37. The third-order valence-electron chi connectivity index (χ3n) is 7.62. The first kappa shape index (κ1) is 37.6. The van der Waals surface area contributed by atoms with Crippen molar-refractivity contribution < 1.29 is 47.7 Å². The maximum Gasteiger partial charge on any atom is 0.407 e. The fourth-order valence-corrected chi connectivity index (χ4v) is 5.07. The number of aromatic nitrogens is 1. The highest BCUT2D eigenvalue weighted by molar-refractivity contribution is 6.05. The second-order valence-electron chi connectivity index (χ2n) is 12.9. The number of hydrogen-bond acceptors (Lipinski definition) is 10. The Morgan fingerprint density at radius 2 is 1.38 bits per heavy atom. The molecule has 2 amide bonds. The highest BCUT2D eigenvalue weighted by Gasteiger charge is 2.40. The molecule has 0 aliphatic carbocycles. The van der Waals surface area contributed by atoms with Crippen molar-refractivity contribution in [2.45, 2.75) is 78.4 Å². The van der Waals surface area contributed by atoms with E-state index in [0.717, 1.165) is 11.1 Å². The van der Waals surface area contributed by atoms with Crippen molar-refractivity contribution in [1.82, 2.24) is 15.2 Å². The Balaban J connectivity index is 1.48. The normalized spacial score (nSPS) is 17.0. The van der Waals surface area contributed by atoms with E-state index in [9.17, 15) is 24.0 Å². The van der Waals surface area contributed by atoms with Crippen molar-refractivity contribution in [3.05, 3.63) is 94.3 Å². The topological polar surface area (TPSA) is 160 Å². The fraction of sp³-hybridized carbons (Fsp3) is 0.432. The number of nitrogens with one attached hydrogen (secondary N) is 2. The van der Waals surface area contributed by atoms with Crippen LogP contribution in [0, 0.1) is 13.8 Å². The van der Waals surface area contributed by atoms with Crippen LogP contribution in [0.4, 0.5) is 4.79 Å². The third-order valence-corrected chi connectivity index (χ3v) is 7.62. The van der Waals surface area contributed by atoms with Crippen LogP contribution in [-0.4, -0.2) is 78.6 Å². The summed E-state index contributed by atoms with van der Waals surface area (Å²) in [5.41, 5.74) is 2.11. The summed E-state index contributed by atoms with van der Waals surface area (Å²) in [6.45, 7) is 11.1. The van der Waals surface area contributed by atoms with E-state index in [1.165, 1.54) is 12.4 Å². The number of amides is 2. The van der Waals surface area contributed by atoms with Gasteiger partial charge in [0.1, 0.15) is 30.6 Å². The zero-order chi connectivity index (χ0) is 36.4. The Hall–Kier alpha value is -5.17. The highest BCUT2D eigenvalue weighted by atomic mass is 16.6. The molecule has 1 fully saturated rings. The number of esters is 3. The molecule has 1 aliphatic rings. The molecule has 4 rings (SSSR count). The van der Waals surface area contributed by atoms with Gasteiger partial charge in [0.05, 0.1) is 28.9 Å². The van der Waals surface area contributed by atoms with Crippen LogP contribution in [0.5, 0.6) is 0 Å². The Morgan fingerprint density at radius 1 is 0.800 bits per heavy atom. The first-order valence-electron chi connectivity index (χ1n) is 16.5. The zero-order valence-corrected chi connectivity index (χ0v) is 29.3. The lowest BCUT2D eigenvalue weighted by molar-refractivity contribution is -0.0571. The largest absolute Gasteiger partial charge is 0.462 e. The molecule has 0 spiro atoms. The van der Waals surface area contributed by atoms with Gasteiger partial charge in [0, 0.05) is 31.9 Å². The molecular weight excluding hydrogens is 646 g/mol. The number of alkyl carbamates (subject to hydrolysis) is 1. The summed E-state index contributed by atoms with van der Waals surface area (Å²) < 4.78 is 29.7. The summed E-state index contributed by atoms with van der Waals surface area (Å²) in [5, 5.41) is 5.39. The van der Waals surface area contributed by atoms with E-state index in [1.54, 1.807) is 80.8 Å². The molecule has 2 aromatic carbocycles. The summed E-state index contributed by atoms with van der Waals surface area (Å²) in [7, 11) is 0. The molecule has 3 atom stereocenters. The van der Waals surface area contributed by atoms with Gasteiger partial charge in [-0.25, -0.2) is 19.2 Å². The van der Waals surface area contributed by atoms with Crippen LogP contribution in [0.15, 0.2) is 60.9 Å². The van der Waals surface area contributed by atoms with Crippen LogP contribution in [0.2, 0.25) is 0 Å². The van der Waals surface area contributed by atoms with Gasteiger partial charge >= 0.3 is 24.0 Å². The molecule has 1 aliphatic heterocycles. The summed E-state index contributed by atoms with van der Waals surface area (Å²) in [4.78, 5) is 64.0. The monoisotopic (exact) mass is 691 g/mol. The van der Waals surface area contributed by atoms with E-state index in [2.05, 4.69) is 10.6 Å². The zero-order valence-electron chi connectivity index (χ0n) is 29.3. The second-order valence-corrected chi connectivity index (χ2v) is 12.9. The summed E-state index contributed by atoms with van der Waals surface area (Å²) in [6.07, 6.45) is 0.415. The molecule has 1 saturated heterocycles. The predicted molar refractivity (Wildman–Crippen MR) is 182 cm³/mol. The minimum Gasteiger partial charge on any atom is -0.462 e. The Bertz CT molecular complexity index is 1660. The van der Waals surface area contributed by atoms with Crippen LogP contribution in [0.3, 0.4) is 0 Å². The molecule has 50 heavy (non-hydrogen) atoms. The number of benzene rings is 2. The van der Waals surface area contributed by atoms with Gasteiger partial charge in [-0.05, 0) is 72.2 Å². The van der Waals surface area contributed by atoms with Gasteiger partial charge in [0.2, 0.25) is 0 Å². The Kier molecular flexibility index (Phi) is 12.8. The molecule has 268 valence electrons. The van der Waals surface area contributed by atoms with Crippen molar-refractivity contribution >= 4 is 29.9 Å². The lowest BCUT2D eigenvalue weighted by atomic mass is 10.1. The molecular formula is C37H45N3O10. The van der Waals surface area contributed by atoms with E-state index in [0.29, 0.717) is 17.5 Å². The van der Waals surface area contributed by atoms with Crippen LogP contribution in [0.1, 0.15) is 99.3 Å². The van der Waals surface area contributed by atoms with Gasteiger partial charge in [-0.3, -0.25) is 4.79 Å². The summed E-state index contributed by atoms with van der Waals surface area (Å²) >= 11 is 0. The van der Waals surface area contributed by atoms with Crippen LogP contribution < -0.4 is 10.6 Å². The lowest BCUT2D eigenvalue weighted by Gasteiger charge is -2.19. The molecule has 1 aromatic heterocycles. The smallest absolute Gasteiger partial charge is 0.407 e. The third kappa shape index (κ3) is 10.7. The minimum absolute atomic E-state index is 0.0160. The molecule has 0 radical (unpaired) electrons. The quantitative estimate of drug-likeness (QED) is 0.137. The number of carbonyl (C=O) groups is 5. The van der Waals surface area contributed by atoms with E-state index in [-0.39, 0.29) is 43.9 Å². The first-order valence-corrected chi connectivity index (χ1v) is 16.5. The molecule has 13 heteroatoms. The second kappa shape index (κ2) is 17.0. The van der Waals surface area contributed by atoms with Crippen LogP contribution >= 0.6 is 0 Å². The van der Waals surface area contributed by atoms with Gasteiger partial charge < -0.3 is 38.9 Å². The van der Waals surface area contributed by atoms with Gasteiger partial charge in [-0.1, -0.05) is 35.4 Å². The maximum absolute atomic E-state index is 13.3. The Morgan fingerprint density at radius 3 is 1.98 bits per heavy atom. The number of nitrogens with zero attached hydrogens (tertiary/aromatic N) is 1. The minimum atomic E-state index is -0.855. The molecule has 0 unspecified atom stereocenters. The molecule has 0 bridgehead atoms. The predicted octanol–water partition coefficient (Wildman–Crippen LogP) is 5.30. The average Bonchev–Trinajstić information content (AvgIpc) is 3.68. The van der Waals surface area contributed by atoms with Crippen LogP contribution in [-0.2, 0) is 23.7 Å². The van der Waals surface area contributed by atoms with E-state index >= 15 is 0 Å². The van der Waals surface area contributed by atoms with E-state index in [4.69, 9.17) is 23.7 Å². The van der Waals surface area contributed by atoms with Crippen molar-refractivity contribution in [3.63, 3.8) is 0 Å². The standard InChI is InChI=1S/C37H45N3O10/c1-7-46-35(44)28-21-40(20-27(28)32(41)38-17-8-18-39-36(45)50-37(4,5)6)31-19-29(49-34(43)26-15-11-24(3)12-16-26)30(48-31)22-47-33(42)25-13-9-23(2)10-14-25/h9-16,20-21,29-31H,7-8,17-19,22H2,1-6H3,(H,38,41)(H,39,45)/t29-,30+,31+/m0/s1. The highest BCUT2D eigenvalue weighted by Crippen LogP contribution is 2.33. The molecule has 0 saturated carbocycles. The number of rotatable bonds is 13. The Labute approximate surface area is 291 Å². The van der Waals surface area contributed by atoms with Crippen molar-refractivity contribution in [2.75, 3.05) is 26.3 Å². The number of hydrogen-bond donors (Lipinski definition) is 2. The molecule has 2 heterocycles. The number of carbonyl (C=O) groups excluding carboxylic acids is 5. The molecule has 2 N–H and O–H groups in total. The van der Waals surface area contributed by atoms with Gasteiger partial charge in [0.15, 0.2) is 0 Å². The van der Waals surface area contributed by atoms with Gasteiger partial charge in [0.25, 0.3) is 5.91 Å².